The lowest BCUT2D eigenvalue weighted by Gasteiger charge is -2.61. The van der Waals surface area contributed by atoms with Gasteiger partial charge in [-0.2, -0.15) is 5.10 Å². The second-order valence-corrected chi connectivity index (χ2v) is 9.21. The Kier molecular flexibility index (Phi) is 5.34. The fourth-order valence-corrected chi connectivity index (χ4v) is 5.83. The smallest absolute Gasteiger partial charge is 0.332 e. The molecule has 0 aromatic carbocycles. The summed E-state index contributed by atoms with van der Waals surface area (Å²) in [5, 5.41) is 15.1. The lowest BCUT2D eigenvalue weighted by atomic mass is 9.45. The SMILES string of the molecule is C/C(CCC1C(C)(O)CCC2C(C)(C)CCCC21C)=N/NC(N)=O. The van der Waals surface area contributed by atoms with Crippen molar-refractivity contribution in [3.05, 3.63) is 0 Å². The van der Waals surface area contributed by atoms with Gasteiger partial charge in [-0.3, -0.25) is 0 Å². The van der Waals surface area contributed by atoms with Gasteiger partial charge in [-0.15, -0.1) is 0 Å². The van der Waals surface area contributed by atoms with E-state index >= 15 is 0 Å². The van der Waals surface area contributed by atoms with E-state index in [2.05, 4.69) is 31.3 Å². The quantitative estimate of drug-likeness (QED) is 0.538. The van der Waals surface area contributed by atoms with Gasteiger partial charge in [0.05, 0.1) is 5.60 Å². The van der Waals surface area contributed by atoms with Crippen molar-refractivity contribution in [1.29, 1.82) is 0 Å². The lowest BCUT2D eigenvalue weighted by molar-refractivity contribution is -0.168. The Morgan fingerprint density at radius 3 is 2.54 bits per heavy atom. The van der Waals surface area contributed by atoms with Gasteiger partial charge in [0.15, 0.2) is 0 Å². The molecule has 0 radical (unpaired) electrons. The minimum absolute atomic E-state index is 0.168. The number of hydrogen-bond donors (Lipinski definition) is 3. The first-order valence-corrected chi connectivity index (χ1v) is 9.30. The molecule has 2 fully saturated rings. The van der Waals surface area contributed by atoms with Gasteiger partial charge in [0.25, 0.3) is 0 Å². The predicted molar refractivity (Wildman–Crippen MR) is 97.6 cm³/mol. The molecule has 0 spiro atoms. The molecule has 0 aliphatic heterocycles. The summed E-state index contributed by atoms with van der Waals surface area (Å²) in [7, 11) is 0. The summed E-state index contributed by atoms with van der Waals surface area (Å²) < 4.78 is 0. The molecule has 0 aromatic rings. The summed E-state index contributed by atoms with van der Waals surface area (Å²) in [6.07, 6.45) is 7.36. The van der Waals surface area contributed by atoms with E-state index in [0.29, 0.717) is 11.3 Å². The van der Waals surface area contributed by atoms with Crippen molar-refractivity contribution in [2.75, 3.05) is 0 Å². The van der Waals surface area contributed by atoms with Gasteiger partial charge in [-0.25, -0.2) is 10.2 Å². The summed E-state index contributed by atoms with van der Waals surface area (Å²) >= 11 is 0. The Morgan fingerprint density at radius 2 is 1.92 bits per heavy atom. The van der Waals surface area contributed by atoms with Crippen LogP contribution >= 0.6 is 0 Å². The first kappa shape index (κ1) is 19.2. The zero-order valence-corrected chi connectivity index (χ0v) is 16.0. The number of amides is 2. The van der Waals surface area contributed by atoms with E-state index in [0.717, 1.165) is 31.4 Å². The summed E-state index contributed by atoms with van der Waals surface area (Å²) in [5.41, 5.74) is 8.10. The second kappa shape index (κ2) is 6.66. The molecule has 4 unspecified atom stereocenters. The van der Waals surface area contributed by atoms with Crippen molar-refractivity contribution >= 4 is 11.7 Å². The van der Waals surface area contributed by atoms with Crippen molar-refractivity contribution in [2.24, 2.45) is 33.5 Å². The first-order chi connectivity index (χ1) is 11.0. The molecular formula is C19H35N3O2. The Bertz CT molecular complexity index is 513. The number of hydrogen-bond acceptors (Lipinski definition) is 3. The molecule has 4 atom stereocenters. The van der Waals surface area contributed by atoms with E-state index in [1.807, 2.05) is 13.8 Å². The number of carbonyl (C=O) groups is 1. The largest absolute Gasteiger partial charge is 0.390 e. The normalized spacial score (nSPS) is 39.2. The molecule has 2 saturated carbocycles. The molecular weight excluding hydrogens is 302 g/mol. The van der Waals surface area contributed by atoms with E-state index in [1.54, 1.807) is 0 Å². The van der Waals surface area contributed by atoms with Crippen LogP contribution in [0, 0.1) is 22.7 Å². The zero-order chi connectivity index (χ0) is 18.2. The fourth-order valence-electron chi connectivity index (χ4n) is 5.83. The molecule has 5 nitrogen and oxygen atoms in total. The average Bonchev–Trinajstić information content (AvgIpc) is 2.42. The summed E-state index contributed by atoms with van der Waals surface area (Å²) in [6, 6.07) is -0.639. The number of aliphatic hydroxyl groups is 1. The molecule has 24 heavy (non-hydrogen) atoms. The molecule has 0 bridgehead atoms. The van der Waals surface area contributed by atoms with Gasteiger partial charge >= 0.3 is 6.03 Å². The third-order valence-electron chi connectivity index (χ3n) is 6.91. The molecule has 2 rings (SSSR count). The summed E-state index contributed by atoms with van der Waals surface area (Å²) in [4.78, 5) is 10.8. The standard InChI is InChI=1S/C19H35N3O2/c1-13(21-22-16(20)23)7-8-15-18(4)11-6-10-17(2,3)14(18)9-12-19(15,5)24/h14-15,24H,6-12H2,1-5H3,(H3,20,22,23)/b21-13-. The maximum Gasteiger partial charge on any atom is 0.332 e. The number of urea groups is 1. The van der Waals surface area contributed by atoms with Gasteiger partial charge in [-0.1, -0.05) is 27.2 Å². The maximum atomic E-state index is 11.1. The van der Waals surface area contributed by atoms with Gasteiger partial charge in [0.1, 0.15) is 0 Å². The highest BCUT2D eigenvalue weighted by Crippen LogP contribution is 2.62. The molecule has 0 heterocycles. The molecule has 2 aliphatic rings. The van der Waals surface area contributed by atoms with E-state index in [9.17, 15) is 9.90 Å². The monoisotopic (exact) mass is 337 g/mol. The fraction of sp³-hybridized carbons (Fsp3) is 0.895. The first-order valence-electron chi connectivity index (χ1n) is 9.30. The van der Waals surface area contributed by atoms with Gasteiger partial charge in [0, 0.05) is 5.71 Å². The summed E-state index contributed by atoms with van der Waals surface area (Å²) in [6.45, 7) is 11.1. The van der Waals surface area contributed by atoms with Crippen LogP contribution in [0.3, 0.4) is 0 Å². The molecule has 0 saturated heterocycles. The number of rotatable bonds is 4. The van der Waals surface area contributed by atoms with Crippen molar-refractivity contribution < 1.29 is 9.90 Å². The van der Waals surface area contributed by atoms with E-state index < -0.39 is 11.6 Å². The molecule has 4 N–H and O–H groups in total. The maximum absolute atomic E-state index is 11.1. The van der Waals surface area contributed by atoms with E-state index in [1.165, 1.54) is 19.3 Å². The van der Waals surface area contributed by atoms with Crippen LogP contribution in [0.5, 0.6) is 0 Å². The second-order valence-electron chi connectivity index (χ2n) is 9.21. The molecule has 2 amide bonds. The van der Waals surface area contributed by atoms with Crippen molar-refractivity contribution in [3.8, 4) is 0 Å². The lowest BCUT2D eigenvalue weighted by Crippen LogP contribution is -2.57. The average molecular weight is 338 g/mol. The van der Waals surface area contributed by atoms with E-state index in [4.69, 9.17) is 5.73 Å². The van der Waals surface area contributed by atoms with Gasteiger partial charge in [-0.05, 0) is 75.0 Å². The number of nitrogens with two attached hydrogens (primary N) is 1. The third-order valence-corrected chi connectivity index (χ3v) is 6.91. The summed E-state index contributed by atoms with van der Waals surface area (Å²) in [5.74, 6) is 0.909. The Labute approximate surface area is 146 Å². The molecule has 0 aromatic heterocycles. The number of carbonyl (C=O) groups excluding carboxylic acids is 1. The number of primary amides is 1. The minimum Gasteiger partial charge on any atom is -0.390 e. The Morgan fingerprint density at radius 1 is 1.25 bits per heavy atom. The van der Waals surface area contributed by atoms with Crippen LogP contribution in [0.4, 0.5) is 4.79 Å². The molecule has 2 aliphatic carbocycles. The zero-order valence-electron chi connectivity index (χ0n) is 16.0. The molecule has 138 valence electrons. The molecule has 5 heteroatoms. The predicted octanol–water partition coefficient (Wildman–Crippen LogP) is 3.80. The topological polar surface area (TPSA) is 87.7 Å². The van der Waals surface area contributed by atoms with Gasteiger partial charge in [0.2, 0.25) is 0 Å². The van der Waals surface area contributed by atoms with Crippen LogP contribution in [0.15, 0.2) is 5.10 Å². The van der Waals surface area contributed by atoms with E-state index in [-0.39, 0.29) is 11.3 Å². The van der Waals surface area contributed by atoms with Crippen LogP contribution < -0.4 is 11.2 Å². The number of hydrazone groups is 1. The Balaban J connectivity index is 2.18. The van der Waals surface area contributed by atoms with Crippen LogP contribution in [0.25, 0.3) is 0 Å². The minimum atomic E-state index is -0.639. The van der Waals surface area contributed by atoms with Crippen molar-refractivity contribution in [1.82, 2.24) is 5.43 Å². The third kappa shape index (κ3) is 3.76. The van der Waals surface area contributed by atoms with Crippen LogP contribution in [-0.2, 0) is 0 Å². The van der Waals surface area contributed by atoms with Crippen molar-refractivity contribution in [3.63, 3.8) is 0 Å². The van der Waals surface area contributed by atoms with Crippen LogP contribution in [-0.4, -0.2) is 22.5 Å². The highest BCUT2D eigenvalue weighted by molar-refractivity contribution is 5.83. The highest BCUT2D eigenvalue weighted by Gasteiger charge is 2.57. The van der Waals surface area contributed by atoms with Crippen LogP contribution in [0.1, 0.15) is 79.6 Å². The van der Waals surface area contributed by atoms with Gasteiger partial charge < -0.3 is 10.8 Å². The van der Waals surface area contributed by atoms with Crippen LogP contribution in [0.2, 0.25) is 0 Å². The number of fused-ring (bicyclic) bond motifs is 1. The Hall–Kier alpha value is -1.10. The van der Waals surface area contributed by atoms with Crippen molar-refractivity contribution in [2.45, 2.75) is 85.2 Å². The number of nitrogens with zero attached hydrogens (tertiary/aromatic N) is 1. The number of nitrogens with one attached hydrogen (secondary N) is 1. The highest BCUT2D eigenvalue weighted by atomic mass is 16.3.